The van der Waals surface area contributed by atoms with Gasteiger partial charge in [0.25, 0.3) is 0 Å². The van der Waals surface area contributed by atoms with E-state index in [0.29, 0.717) is 21.2 Å². The summed E-state index contributed by atoms with van der Waals surface area (Å²) in [5.41, 5.74) is 1.21. The molecule has 0 saturated carbocycles. The molecule has 0 unspecified atom stereocenters. The zero-order valence-corrected chi connectivity index (χ0v) is 10.6. The summed E-state index contributed by atoms with van der Waals surface area (Å²) in [6.07, 6.45) is 1.40. The van der Waals surface area contributed by atoms with Crippen LogP contribution in [0, 0.1) is 17.3 Å². The molecule has 0 aliphatic heterocycles. The van der Waals surface area contributed by atoms with E-state index in [1.807, 2.05) is 6.07 Å². The van der Waals surface area contributed by atoms with Gasteiger partial charge in [0, 0.05) is 27.4 Å². The van der Waals surface area contributed by atoms with E-state index in [-0.39, 0.29) is 12.0 Å². The van der Waals surface area contributed by atoms with Crippen molar-refractivity contribution < 1.29 is 4.39 Å². The summed E-state index contributed by atoms with van der Waals surface area (Å²) < 4.78 is 13.8. The molecule has 0 amide bonds. The van der Waals surface area contributed by atoms with Gasteiger partial charge < -0.3 is 0 Å². The Morgan fingerprint density at radius 1 is 1.28 bits per heavy atom. The summed E-state index contributed by atoms with van der Waals surface area (Å²) in [5, 5.41) is 9.57. The highest BCUT2D eigenvalue weighted by Crippen LogP contribution is 2.34. The molecule has 18 heavy (non-hydrogen) atoms. The normalized spacial score (nSPS) is 10.1. The molecule has 0 spiro atoms. The van der Waals surface area contributed by atoms with E-state index in [1.54, 1.807) is 24.3 Å². The lowest BCUT2D eigenvalue weighted by Gasteiger charge is -2.09. The SMILES string of the molecule is N#CCc1ccnc(F)c1-c1cc(Cl)ccc1Cl. The first-order valence-corrected chi connectivity index (χ1v) is 5.85. The van der Waals surface area contributed by atoms with E-state index in [0.717, 1.165) is 0 Å². The Hall–Kier alpha value is -1.63. The fraction of sp³-hybridized carbons (Fsp3) is 0.0769. The van der Waals surface area contributed by atoms with Crippen molar-refractivity contribution in [2.75, 3.05) is 0 Å². The van der Waals surface area contributed by atoms with Gasteiger partial charge in [-0.05, 0) is 29.8 Å². The second-order valence-electron chi connectivity index (χ2n) is 3.59. The molecule has 2 rings (SSSR count). The summed E-state index contributed by atoms with van der Waals surface area (Å²) in [6, 6.07) is 8.34. The molecule has 1 heterocycles. The molecule has 0 radical (unpaired) electrons. The third-order valence-corrected chi connectivity index (χ3v) is 3.02. The van der Waals surface area contributed by atoms with Crippen LogP contribution < -0.4 is 0 Å². The van der Waals surface area contributed by atoms with Gasteiger partial charge in [0.1, 0.15) is 0 Å². The number of aromatic nitrogens is 1. The van der Waals surface area contributed by atoms with Crippen molar-refractivity contribution in [1.82, 2.24) is 4.98 Å². The summed E-state index contributed by atoms with van der Waals surface area (Å²) in [5.74, 6) is -0.660. The first kappa shape index (κ1) is 12.8. The predicted molar refractivity (Wildman–Crippen MR) is 69.0 cm³/mol. The van der Waals surface area contributed by atoms with Crippen LogP contribution in [0.2, 0.25) is 10.0 Å². The lowest BCUT2D eigenvalue weighted by molar-refractivity contribution is 0.586. The molecule has 0 fully saturated rings. The van der Waals surface area contributed by atoms with Crippen molar-refractivity contribution in [3.63, 3.8) is 0 Å². The van der Waals surface area contributed by atoms with Crippen LogP contribution in [0.5, 0.6) is 0 Å². The Kier molecular flexibility index (Phi) is 3.81. The topological polar surface area (TPSA) is 36.7 Å². The van der Waals surface area contributed by atoms with Crippen LogP contribution in [0.15, 0.2) is 30.5 Å². The number of hydrogen-bond acceptors (Lipinski definition) is 2. The summed E-state index contributed by atoms with van der Waals surface area (Å²) in [7, 11) is 0. The molecule has 2 aromatic rings. The number of nitrogens with zero attached hydrogens (tertiary/aromatic N) is 2. The standard InChI is InChI=1S/C13H7Cl2FN2/c14-9-1-2-11(15)10(7-9)12-8(3-5-17)4-6-18-13(12)16/h1-2,4,6-7H,3H2. The van der Waals surface area contributed by atoms with Crippen molar-refractivity contribution in [2.24, 2.45) is 0 Å². The van der Waals surface area contributed by atoms with Gasteiger partial charge in [0.15, 0.2) is 0 Å². The van der Waals surface area contributed by atoms with E-state index < -0.39 is 5.95 Å². The minimum absolute atomic E-state index is 0.0810. The maximum Gasteiger partial charge on any atom is 0.221 e. The van der Waals surface area contributed by atoms with E-state index in [1.165, 1.54) is 6.20 Å². The van der Waals surface area contributed by atoms with E-state index in [4.69, 9.17) is 28.5 Å². The number of pyridine rings is 1. The van der Waals surface area contributed by atoms with Crippen LogP contribution in [-0.2, 0) is 6.42 Å². The lowest BCUT2D eigenvalue weighted by atomic mass is 10.00. The number of rotatable bonds is 2. The van der Waals surface area contributed by atoms with E-state index in [9.17, 15) is 4.39 Å². The van der Waals surface area contributed by atoms with Crippen molar-refractivity contribution in [1.29, 1.82) is 5.26 Å². The molecular weight excluding hydrogens is 274 g/mol. The first-order chi connectivity index (χ1) is 8.63. The van der Waals surface area contributed by atoms with Gasteiger partial charge >= 0.3 is 0 Å². The van der Waals surface area contributed by atoms with Crippen molar-refractivity contribution >= 4 is 23.2 Å². The van der Waals surface area contributed by atoms with Crippen molar-refractivity contribution in [2.45, 2.75) is 6.42 Å². The third kappa shape index (κ3) is 2.45. The Morgan fingerprint density at radius 2 is 2.06 bits per heavy atom. The monoisotopic (exact) mass is 280 g/mol. The highest BCUT2D eigenvalue weighted by atomic mass is 35.5. The van der Waals surface area contributed by atoms with Crippen LogP contribution in [0.25, 0.3) is 11.1 Å². The molecule has 5 heteroatoms. The van der Waals surface area contributed by atoms with Gasteiger partial charge in [-0.3, -0.25) is 0 Å². The molecular formula is C13H7Cl2FN2. The minimum atomic E-state index is -0.660. The Bertz CT molecular complexity index is 635. The average molecular weight is 281 g/mol. The molecule has 2 nitrogen and oxygen atoms in total. The van der Waals surface area contributed by atoms with Gasteiger partial charge in [-0.1, -0.05) is 23.2 Å². The van der Waals surface area contributed by atoms with Crippen LogP contribution in [0.1, 0.15) is 5.56 Å². The van der Waals surface area contributed by atoms with Crippen LogP contribution in [0.4, 0.5) is 4.39 Å². The fourth-order valence-corrected chi connectivity index (χ4v) is 2.06. The third-order valence-electron chi connectivity index (χ3n) is 2.46. The van der Waals surface area contributed by atoms with Gasteiger partial charge in [-0.25, -0.2) is 4.98 Å². The van der Waals surface area contributed by atoms with Gasteiger partial charge in [-0.15, -0.1) is 0 Å². The van der Waals surface area contributed by atoms with E-state index in [2.05, 4.69) is 4.98 Å². The minimum Gasteiger partial charge on any atom is -0.228 e. The second-order valence-corrected chi connectivity index (χ2v) is 4.44. The number of halogens is 3. The average Bonchev–Trinajstić information content (AvgIpc) is 2.34. The van der Waals surface area contributed by atoms with Crippen LogP contribution in [-0.4, -0.2) is 4.98 Å². The lowest BCUT2D eigenvalue weighted by Crippen LogP contribution is -1.96. The van der Waals surface area contributed by atoms with E-state index >= 15 is 0 Å². The van der Waals surface area contributed by atoms with Crippen LogP contribution >= 0.6 is 23.2 Å². The smallest absolute Gasteiger partial charge is 0.221 e. The highest BCUT2D eigenvalue weighted by Gasteiger charge is 2.15. The molecule has 0 bridgehead atoms. The summed E-state index contributed by atoms with van der Waals surface area (Å²) >= 11 is 11.9. The first-order valence-electron chi connectivity index (χ1n) is 5.09. The molecule has 0 saturated heterocycles. The molecule has 0 atom stereocenters. The summed E-state index contributed by atoms with van der Waals surface area (Å²) in [4.78, 5) is 3.59. The Labute approximate surface area is 114 Å². The van der Waals surface area contributed by atoms with Crippen LogP contribution in [0.3, 0.4) is 0 Å². The zero-order valence-electron chi connectivity index (χ0n) is 9.12. The molecule has 0 N–H and O–H groups in total. The van der Waals surface area contributed by atoms with Crippen molar-refractivity contribution in [3.05, 3.63) is 52.0 Å². The van der Waals surface area contributed by atoms with Gasteiger partial charge in [-0.2, -0.15) is 9.65 Å². The van der Waals surface area contributed by atoms with Gasteiger partial charge in [0.05, 0.1) is 12.5 Å². The summed E-state index contributed by atoms with van der Waals surface area (Å²) in [6.45, 7) is 0. The Balaban J connectivity index is 2.70. The number of hydrogen-bond donors (Lipinski definition) is 0. The molecule has 1 aromatic carbocycles. The molecule has 90 valence electrons. The molecule has 0 aliphatic rings. The number of benzene rings is 1. The predicted octanol–water partition coefficient (Wildman–Crippen LogP) is 4.26. The maximum absolute atomic E-state index is 13.8. The largest absolute Gasteiger partial charge is 0.228 e. The maximum atomic E-state index is 13.8. The Morgan fingerprint density at radius 3 is 2.78 bits per heavy atom. The fourth-order valence-electron chi connectivity index (χ4n) is 1.68. The quantitative estimate of drug-likeness (QED) is 0.771. The molecule has 0 aliphatic carbocycles. The zero-order chi connectivity index (χ0) is 13.1. The number of nitriles is 1. The molecule has 1 aromatic heterocycles. The highest BCUT2D eigenvalue weighted by molar-refractivity contribution is 6.35. The second kappa shape index (κ2) is 5.34. The van der Waals surface area contributed by atoms with Gasteiger partial charge in [0.2, 0.25) is 5.95 Å². The van der Waals surface area contributed by atoms with Crippen molar-refractivity contribution in [3.8, 4) is 17.2 Å².